The lowest BCUT2D eigenvalue weighted by Gasteiger charge is -2.14. The first-order chi connectivity index (χ1) is 30.5. The minimum atomic E-state index is -0.456. The molecule has 0 aromatic heterocycles. The molecule has 9 nitrogen and oxygen atoms in total. The van der Waals surface area contributed by atoms with Crippen LogP contribution in [0, 0.1) is 0 Å². The van der Waals surface area contributed by atoms with Gasteiger partial charge in [0.2, 0.25) is 0 Å². The fourth-order valence-electron chi connectivity index (χ4n) is 7.77. The predicted molar refractivity (Wildman–Crippen MR) is 258 cm³/mol. The summed E-state index contributed by atoms with van der Waals surface area (Å²) in [6, 6.07) is 32.5. The van der Waals surface area contributed by atoms with Gasteiger partial charge < -0.3 is 20.4 Å². The van der Waals surface area contributed by atoms with Crippen molar-refractivity contribution in [1.29, 1.82) is 0 Å². The van der Waals surface area contributed by atoms with E-state index in [1.54, 1.807) is 60.7 Å². The van der Waals surface area contributed by atoms with Gasteiger partial charge in [-0.15, -0.1) is 0 Å². The normalized spacial score (nSPS) is 14.4. The maximum atomic E-state index is 13.9. The van der Waals surface area contributed by atoms with E-state index >= 15 is 0 Å². The Morgan fingerprint density at radius 3 is 1.92 bits per heavy atom. The third-order valence-corrected chi connectivity index (χ3v) is 11.4. The molecule has 3 aliphatic rings. The van der Waals surface area contributed by atoms with Crippen LogP contribution >= 0.6 is 0 Å². The number of benzene rings is 5. The van der Waals surface area contributed by atoms with E-state index in [9.17, 15) is 19.2 Å². The smallest absolute Gasteiger partial charge is 0.266 e. The van der Waals surface area contributed by atoms with Gasteiger partial charge >= 0.3 is 0 Å². The molecule has 0 saturated heterocycles. The molecule has 0 unspecified atom stereocenters. The number of imide groups is 1. The Morgan fingerprint density at radius 2 is 1.22 bits per heavy atom. The SMILES string of the molecule is CCC1=CCC=C(Cc2ccc(Oc3ccc(N4C(=O)c5ccc(-c6ccc(C(C)=O)c(C(=O)C=C(C)c7ccc(OC8=CCC=C(C)C=C8)cc7)c6)cc5C4=O)cc3)cc2)C=C1.O.O. The van der Waals surface area contributed by atoms with Gasteiger partial charge in [0.1, 0.15) is 23.0 Å². The Bertz CT molecular complexity index is 2870. The zero-order valence-electron chi connectivity index (χ0n) is 36.8. The Labute approximate surface area is 379 Å². The number of fused-ring (bicyclic) bond motifs is 1. The molecule has 0 atom stereocenters. The van der Waals surface area contributed by atoms with Crippen LogP contribution in [0.1, 0.15) is 99.5 Å². The van der Waals surface area contributed by atoms with Gasteiger partial charge in [-0.1, -0.05) is 97.0 Å². The Morgan fingerprint density at radius 1 is 0.615 bits per heavy atom. The second-order valence-corrected chi connectivity index (χ2v) is 15.9. The summed E-state index contributed by atoms with van der Waals surface area (Å²) >= 11 is 0. The van der Waals surface area contributed by atoms with Crippen LogP contribution < -0.4 is 14.4 Å². The summed E-state index contributed by atoms with van der Waals surface area (Å²) in [6.07, 6.45) is 22.2. The maximum Gasteiger partial charge on any atom is 0.266 e. The summed E-state index contributed by atoms with van der Waals surface area (Å²) in [4.78, 5) is 55.2. The molecule has 9 heteroatoms. The summed E-state index contributed by atoms with van der Waals surface area (Å²) in [5.41, 5.74) is 9.28. The number of amides is 2. The number of hydrogen-bond donors (Lipinski definition) is 0. The third kappa shape index (κ3) is 10.7. The van der Waals surface area contributed by atoms with Crippen molar-refractivity contribution in [2.75, 3.05) is 4.90 Å². The van der Waals surface area contributed by atoms with Crippen molar-refractivity contribution in [2.45, 2.75) is 53.4 Å². The van der Waals surface area contributed by atoms with E-state index in [4.69, 9.17) is 9.47 Å². The number of rotatable bonds is 13. The molecular formula is C56H51NO8. The molecule has 5 aromatic rings. The minimum Gasteiger partial charge on any atom is -0.458 e. The maximum absolute atomic E-state index is 13.9. The molecule has 0 saturated carbocycles. The lowest BCUT2D eigenvalue weighted by Crippen LogP contribution is -2.29. The van der Waals surface area contributed by atoms with Gasteiger partial charge in [0.15, 0.2) is 11.6 Å². The first kappa shape index (κ1) is 46.8. The Hall–Kier alpha value is -7.72. The number of ketones is 2. The number of carbonyl (C=O) groups is 4. The van der Waals surface area contributed by atoms with Crippen LogP contribution in [0.5, 0.6) is 17.2 Å². The highest BCUT2D eigenvalue weighted by molar-refractivity contribution is 6.34. The van der Waals surface area contributed by atoms with Crippen molar-refractivity contribution >= 4 is 34.6 Å². The molecule has 2 aliphatic carbocycles. The number of anilines is 1. The molecule has 8 rings (SSSR count). The van der Waals surface area contributed by atoms with Crippen molar-refractivity contribution in [3.63, 3.8) is 0 Å². The van der Waals surface area contributed by atoms with Gasteiger partial charge in [-0.25, -0.2) is 4.90 Å². The van der Waals surface area contributed by atoms with Crippen molar-refractivity contribution in [3.8, 4) is 28.4 Å². The zero-order valence-corrected chi connectivity index (χ0v) is 36.8. The van der Waals surface area contributed by atoms with E-state index < -0.39 is 11.8 Å². The number of nitrogens with zero attached hydrogens (tertiary/aromatic N) is 1. The lowest BCUT2D eigenvalue weighted by molar-refractivity contribution is 0.0924. The molecule has 65 heavy (non-hydrogen) atoms. The van der Waals surface area contributed by atoms with E-state index in [0.29, 0.717) is 34.1 Å². The van der Waals surface area contributed by atoms with Crippen LogP contribution in [-0.2, 0) is 6.42 Å². The van der Waals surface area contributed by atoms with Gasteiger partial charge in [0, 0.05) is 11.1 Å². The molecule has 0 bridgehead atoms. The molecule has 2 amide bonds. The molecule has 1 heterocycles. The van der Waals surface area contributed by atoms with Crippen LogP contribution in [0.3, 0.4) is 0 Å². The average molecular weight is 866 g/mol. The number of allylic oxidation sites excluding steroid dienone is 13. The molecule has 4 N–H and O–H groups in total. The Balaban J connectivity index is 0.00000350. The Kier molecular flexibility index (Phi) is 14.9. The van der Waals surface area contributed by atoms with Crippen LogP contribution in [0.25, 0.3) is 16.7 Å². The minimum absolute atomic E-state index is 0. The fraction of sp³-hybridized carbons (Fsp3) is 0.143. The molecule has 0 spiro atoms. The summed E-state index contributed by atoms with van der Waals surface area (Å²) in [7, 11) is 0. The van der Waals surface area contributed by atoms with Crippen molar-refractivity contribution in [1.82, 2.24) is 0 Å². The monoisotopic (exact) mass is 865 g/mol. The molecule has 0 fully saturated rings. The predicted octanol–water partition coefficient (Wildman–Crippen LogP) is 11.7. The highest BCUT2D eigenvalue weighted by atomic mass is 16.5. The van der Waals surface area contributed by atoms with E-state index in [-0.39, 0.29) is 44.8 Å². The first-order valence-corrected chi connectivity index (χ1v) is 21.2. The lowest BCUT2D eigenvalue weighted by atomic mass is 9.92. The number of hydrogen-bond acceptors (Lipinski definition) is 6. The van der Waals surface area contributed by atoms with Crippen LogP contribution in [0.4, 0.5) is 5.69 Å². The van der Waals surface area contributed by atoms with Crippen LogP contribution in [0.2, 0.25) is 0 Å². The second-order valence-electron chi connectivity index (χ2n) is 15.9. The first-order valence-electron chi connectivity index (χ1n) is 21.2. The van der Waals surface area contributed by atoms with Crippen molar-refractivity contribution < 1.29 is 39.6 Å². The average Bonchev–Trinajstić information content (AvgIpc) is 3.49. The van der Waals surface area contributed by atoms with E-state index in [1.165, 1.54) is 35.3 Å². The number of ether oxygens (including phenoxy) is 2. The quantitative estimate of drug-likeness (QED) is 0.0652. The van der Waals surface area contributed by atoms with Gasteiger partial charge in [-0.3, -0.25) is 19.2 Å². The van der Waals surface area contributed by atoms with Crippen molar-refractivity contribution in [3.05, 3.63) is 220 Å². The van der Waals surface area contributed by atoms with E-state index in [2.05, 4.69) is 49.4 Å². The molecule has 5 aromatic carbocycles. The summed E-state index contributed by atoms with van der Waals surface area (Å²) in [6.45, 7) is 7.49. The standard InChI is InChI=1S/C56H47NO6.2H2O/c1-5-39-9-7-10-40(14-13-39)33-41-15-24-47(25-16-41)63-49-28-21-45(22-29-49)57-55(60)51-31-20-44(35-53(51)56(57)61)43-19-30-50(38(4)58)52(34-43)54(59)32-37(3)42-17-26-48(27-18-42)62-46-11-6-8-36(2)12-23-46;;/h8-32,34-35H,5-7,33H2,1-4H3;2*1H2. The molecule has 0 radical (unpaired) electrons. The molecular weight excluding hydrogens is 815 g/mol. The molecule has 1 aliphatic heterocycles. The summed E-state index contributed by atoms with van der Waals surface area (Å²) in [5.74, 6) is 1.23. The largest absolute Gasteiger partial charge is 0.458 e. The second kappa shape index (κ2) is 20.6. The van der Waals surface area contributed by atoms with Gasteiger partial charge in [-0.2, -0.15) is 0 Å². The summed E-state index contributed by atoms with van der Waals surface area (Å²) < 4.78 is 12.2. The number of carbonyl (C=O) groups excluding carboxylic acids is 4. The fourth-order valence-corrected chi connectivity index (χ4v) is 7.77. The van der Waals surface area contributed by atoms with E-state index in [0.717, 1.165) is 47.5 Å². The summed E-state index contributed by atoms with van der Waals surface area (Å²) in [5, 5.41) is 0. The van der Waals surface area contributed by atoms with Gasteiger partial charge in [-0.05, 0) is 165 Å². The zero-order chi connectivity index (χ0) is 44.0. The van der Waals surface area contributed by atoms with Crippen LogP contribution in [0.15, 0.2) is 186 Å². The third-order valence-electron chi connectivity index (χ3n) is 11.4. The highest BCUT2D eigenvalue weighted by Crippen LogP contribution is 2.34. The highest BCUT2D eigenvalue weighted by Gasteiger charge is 2.37. The van der Waals surface area contributed by atoms with Crippen molar-refractivity contribution in [2.24, 2.45) is 0 Å². The number of Topliss-reactive ketones (excluding diaryl/α,β-unsaturated/α-hetero) is 1. The molecule has 328 valence electrons. The topological polar surface area (TPSA) is 153 Å². The van der Waals surface area contributed by atoms with Gasteiger partial charge in [0.25, 0.3) is 11.8 Å². The van der Waals surface area contributed by atoms with E-state index in [1.807, 2.05) is 68.5 Å². The van der Waals surface area contributed by atoms with Crippen LogP contribution in [-0.4, -0.2) is 34.3 Å². The van der Waals surface area contributed by atoms with Gasteiger partial charge in [0.05, 0.1) is 16.8 Å².